The third-order valence-electron chi connectivity index (χ3n) is 5.04. The Bertz CT molecular complexity index is 667. The van der Waals surface area contributed by atoms with E-state index >= 15 is 0 Å². The Balaban J connectivity index is 1.41. The van der Waals surface area contributed by atoms with E-state index in [0.29, 0.717) is 6.61 Å². The van der Waals surface area contributed by atoms with E-state index in [1.807, 2.05) is 12.1 Å². The highest BCUT2D eigenvalue weighted by molar-refractivity contribution is 5.46. The van der Waals surface area contributed by atoms with Crippen LogP contribution in [0.2, 0.25) is 0 Å². The third-order valence-corrected chi connectivity index (χ3v) is 5.04. The fourth-order valence-electron chi connectivity index (χ4n) is 3.31. The summed E-state index contributed by atoms with van der Waals surface area (Å²) in [6, 6.07) is 16.6. The van der Waals surface area contributed by atoms with Crippen molar-refractivity contribution in [1.82, 2.24) is 0 Å². The van der Waals surface area contributed by atoms with E-state index in [9.17, 15) is 5.11 Å². The van der Waals surface area contributed by atoms with Gasteiger partial charge in [0.1, 0.15) is 25.0 Å². The van der Waals surface area contributed by atoms with Gasteiger partial charge in [-0.1, -0.05) is 24.3 Å². The molecule has 2 aromatic rings. The fraction of sp³-hybridized carbons (Fsp3) is 0.429. The van der Waals surface area contributed by atoms with Crippen LogP contribution < -0.4 is 14.5 Å². The molecule has 0 bridgehead atoms. The fourth-order valence-corrected chi connectivity index (χ4v) is 3.31. The molecular weight excluding hydrogens is 312 g/mol. The normalized spacial score (nSPS) is 16.7. The van der Waals surface area contributed by atoms with E-state index in [4.69, 9.17) is 4.74 Å². The van der Waals surface area contributed by atoms with Crippen LogP contribution in [0, 0.1) is 13.8 Å². The molecule has 0 aromatic heterocycles. The number of aliphatic hydroxyl groups is 1. The molecule has 0 saturated carbocycles. The van der Waals surface area contributed by atoms with Crippen molar-refractivity contribution in [2.75, 3.05) is 44.2 Å². The van der Waals surface area contributed by atoms with Crippen LogP contribution in [0.5, 0.6) is 5.75 Å². The van der Waals surface area contributed by atoms with Gasteiger partial charge in [0.2, 0.25) is 0 Å². The summed E-state index contributed by atoms with van der Waals surface area (Å²) in [6.07, 6.45) is -0.431. The van der Waals surface area contributed by atoms with Crippen molar-refractivity contribution >= 4 is 5.69 Å². The highest BCUT2D eigenvalue weighted by atomic mass is 16.5. The molecule has 1 fully saturated rings. The molecule has 1 atom stereocenters. The van der Waals surface area contributed by atoms with Crippen molar-refractivity contribution in [3.63, 3.8) is 0 Å². The van der Waals surface area contributed by atoms with E-state index in [1.165, 1.54) is 21.7 Å². The van der Waals surface area contributed by atoms with Crippen LogP contribution in [0.25, 0.3) is 0 Å². The lowest BCUT2D eigenvalue weighted by atomic mass is 10.1. The molecule has 1 aliphatic rings. The Morgan fingerprint density at radius 2 is 1.76 bits per heavy atom. The van der Waals surface area contributed by atoms with E-state index in [2.05, 4.69) is 55.1 Å². The second-order valence-electron chi connectivity index (χ2n) is 6.99. The number of aryl methyl sites for hydroxylation is 2. The lowest BCUT2D eigenvalue weighted by Gasteiger charge is -2.34. The molecule has 4 nitrogen and oxygen atoms in total. The standard InChI is InChI=1S/C21H28N2O2/c1-17-8-9-21(14-18(17)2)25-16-20(24)15-22-10-12-23(13-11-22)19-6-4-3-5-7-19/h3-9,14,20,24H,10-13,15-16H2,1-2H3/p+1. The first-order valence-electron chi connectivity index (χ1n) is 9.13. The van der Waals surface area contributed by atoms with Crippen LogP contribution in [-0.4, -0.2) is 50.5 Å². The predicted molar refractivity (Wildman–Crippen MR) is 102 cm³/mol. The van der Waals surface area contributed by atoms with Crippen molar-refractivity contribution in [2.45, 2.75) is 20.0 Å². The first-order chi connectivity index (χ1) is 12.1. The number of quaternary nitrogens is 1. The molecule has 0 radical (unpaired) electrons. The molecule has 2 N–H and O–H groups in total. The molecule has 0 amide bonds. The second-order valence-corrected chi connectivity index (χ2v) is 6.99. The first kappa shape index (κ1) is 17.8. The van der Waals surface area contributed by atoms with Gasteiger partial charge in [-0.15, -0.1) is 0 Å². The topological polar surface area (TPSA) is 37.1 Å². The summed E-state index contributed by atoms with van der Waals surface area (Å²) in [5, 5.41) is 10.3. The summed E-state index contributed by atoms with van der Waals surface area (Å²) in [5.41, 5.74) is 3.77. The summed E-state index contributed by atoms with van der Waals surface area (Å²) >= 11 is 0. The first-order valence-corrected chi connectivity index (χ1v) is 9.13. The van der Waals surface area contributed by atoms with Gasteiger partial charge in [0, 0.05) is 5.69 Å². The zero-order valence-corrected chi connectivity index (χ0v) is 15.2. The number of nitrogens with zero attached hydrogens (tertiary/aromatic N) is 1. The predicted octanol–water partition coefficient (Wildman–Crippen LogP) is 1.45. The van der Waals surface area contributed by atoms with Crippen LogP contribution in [0.3, 0.4) is 0 Å². The van der Waals surface area contributed by atoms with Gasteiger partial charge >= 0.3 is 0 Å². The number of hydrogen-bond donors (Lipinski definition) is 2. The molecule has 1 unspecified atom stereocenters. The average molecular weight is 341 g/mol. The third kappa shape index (κ3) is 4.97. The number of benzene rings is 2. The summed E-state index contributed by atoms with van der Waals surface area (Å²) in [7, 11) is 0. The maximum atomic E-state index is 10.3. The molecule has 2 aromatic carbocycles. The molecule has 0 aliphatic carbocycles. The van der Waals surface area contributed by atoms with Crippen LogP contribution >= 0.6 is 0 Å². The van der Waals surface area contributed by atoms with Gasteiger partial charge in [-0.25, -0.2) is 0 Å². The number of para-hydroxylation sites is 1. The second kappa shape index (κ2) is 8.37. The number of ether oxygens (including phenoxy) is 1. The Morgan fingerprint density at radius 1 is 1.04 bits per heavy atom. The monoisotopic (exact) mass is 341 g/mol. The Kier molecular flexibility index (Phi) is 5.95. The number of anilines is 1. The van der Waals surface area contributed by atoms with Crippen LogP contribution in [0.15, 0.2) is 48.5 Å². The largest absolute Gasteiger partial charge is 0.491 e. The summed E-state index contributed by atoms with van der Waals surface area (Å²) in [4.78, 5) is 3.87. The van der Waals surface area contributed by atoms with Crippen molar-refractivity contribution < 1.29 is 14.7 Å². The van der Waals surface area contributed by atoms with Gasteiger partial charge in [0.25, 0.3) is 0 Å². The van der Waals surface area contributed by atoms with Crippen molar-refractivity contribution in [2.24, 2.45) is 0 Å². The molecule has 0 spiro atoms. The maximum absolute atomic E-state index is 10.3. The van der Waals surface area contributed by atoms with Gasteiger partial charge < -0.3 is 19.6 Å². The smallest absolute Gasteiger partial charge is 0.137 e. The van der Waals surface area contributed by atoms with Crippen molar-refractivity contribution in [3.05, 3.63) is 59.7 Å². The van der Waals surface area contributed by atoms with E-state index in [0.717, 1.165) is 38.5 Å². The number of aliphatic hydroxyl groups excluding tert-OH is 1. The van der Waals surface area contributed by atoms with Gasteiger partial charge in [-0.05, 0) is 49.2 Å². The average Bonchev–Trinajstić information content (AvgIpc) is 2.64. The molecule has 25 heavy (non-hydrogen) atoms. The lowest BCUT2D eigenvalue weighted by molar-refractivity contribution is -0.903. The quantitative estimate of drug-likeness (QED) is 0.835. The van der Waals surface area contributed by atoms with E-state index in [1.54, 1.807) is 0 Å². The summed E-state index contributed by atoms with van der Waals surface area (Å²) in [6.45, 7) is 9.43. The minimum atomic E-state index is -0.431. The Labute approximate surface area is 150 Å². The molecule has 3 rings (SSSR count). The summed E-state index contributed by atoms with van der Waals surface area (Å²) < 4.78 is 5.76. The zero-order valence-electron chi connectivity index (χ0n) is 15.2. The van der Waals surface area contributed by atoms with Gasteiger partial charge in [-0.2, -0.15) is 0 Å². The molecule has 134 valence electrons. The van der Waals surface area contributed by atoms with Crippen molar-refractivity contribution in [3.8, 4) is 5.75 Å². The lowest BCUT2D eigenvalue weighted by Crippen LogP contribution is -3.16. The maximum Gasteiger partial charge on any atom is 0.137 e. The number of piperazine rings is 1. The molecule has 1 saturated heterocycles. The Hall–Kier alpha value is -2.04. The molecular formula is C21H29N2O2+. The van der Waals surface area contributed by atoms with Crippen molar-refractivity contribution in [1.29, 1.82) is 0 Å². The molecule has 1 heterocycles. The molecule has 1 aliphatic heterocycles. The van der Waals surface area contributed by atoms with E-state index < -0.39 is 6.10 Å². The number of rotatable bonds is 6. The number of nitrogens with one attached hydrogen (secondary N) is 1. The van der Waals surface area contributed by atoms with Gasteiger partial charge in [-0.3, -0.25) is 0 Å². The number of hydrogen-bond acceptors (Lipinski definition) is 3. The van der Waals surface area contributed by atoms with Gasteiger partial charge in [0.05, 0.1) is 26.2 Å². The SMILES string of the molecule is Cc1ccc(OCC(O)C[NH+]2CCN(c3ccccc3)CC2)cc1C. The molecule has 4 heteroatoms. The minimum Gasteiger partial charge on any atom is -0.491 e. The van der Waals surface area contributed by atoms with Crippen LogP contribution in [0.1, 0.15) is 11.1 Å². The highest BCUT2D eigenvalue weighted by Gasteiger charge is 2.22. The van der Waals surface area contributed by atoms with Gasteiger partial charge in [0.15, 0.2) is 0 Å². The van der Waals surface area contributed by atoms with Crippen LogP contribution in [-0.2, 0) is 0 Å². The zero-order chi connectivity index (χ0) is 17.6. The minimum absolute atomic E-state index is 0.356. The Morgan fingerprint density at radius 3 is 2.44 bits per heavy atom. The van der Waals surface area contributed by atoms with E-state index in [-0.39, 0.29) is 0 Å². The highest BCUT2D eigenvalue weighted by Crippen LogP contribution is 2.16. The summed E-state index contributed by atoms with van der Waals surface area (Å²) in [5.74, 6) is 0.839. The van der Waals surface area contributed by atoms with Crippen LogP contribution in [0.4, 0.5) is 5.69 Å².